The largest absolute Gasteiger partial charge is 0.435 e. The van der Waals surface area contributed by atoms with E-state index in [0.717, 1.165) is 24.1 Å². The Labute approximate surface area is 178 Å². The highest BCUT2D eigenvalue weighted by atomic mass is 19.4. The number of hydrogen-bond donors (Lipinski definition) is 0. The van der Waals surface area contributed by atoms with E-state index >= 15 is 0 Å². The molecule has 1 aromatic heterocycles. The number of benzene rings is 1. The number of halogens is 4. The van der Waals surface area contributed by atoms with Gasteiger partial charge in [-0.2, -0.15) is 13.2 Å². The molecule has 0 saturated heterocycles. The monoisotopic (exact) mass is 433 g/mol. The molecule has 31 heavy (non-hydrogen) atoms. The van der Waals surface area contributed by atoms with Crippen LogP contribution in [0.1, 0.15) is 42.5 Å². The van der Waals surface area contributed by atoms with Gasteiger partial charge in [-0.1, -0.05) is 32.0 Å². The summed E-state index contributed by atoms with van der Waals surface area (Å²) < 4.78 is 55.3. The fourth-order valence-corrected chi connectivity index (χ4v) is 2.92. The molecule has 0 unspecified atom stereocenters. The quantitative estimate of drug-likeness (QED) is 0.291. The van der Waals surface area contributed by atoms with E-state index in [1.165, 1.54) is 24.3 Å². The lowest BCUT2D eigenvalue weighted by molar-refractivity contribution is -0.140. The Hall–Kier alpha value is -3.29. The SMILES string of the molecule is C=N/C=C(\C=C(/C)F)c1ccc(N(CC(C)C)C(=O)c2ccccc2)c(C(F)(F)F)n1. The van der Waals surface area contributed by atoms with E-state index in [0.29, 0.717) is 0 Å². The number of amides is 1. The first kappa shape index (κ1) is 24.0. The van der Waals surface area contributed by atoms with E-state index in [1.807, 2.05) is 0 Å². The lowest BCUT2D eigenvalue weighted by atomic mass is 10.1. The Morgan fingerprint density at radius 2 is 1.84 bits per heavy atom. The van der Waals surface area contributed by atoms with Gasteiger partial charge >= 0.3 is 6.18 Å². The van der Waals surface area contributed by atoms with E-state index in [9.17, 15) is 22.4 Å². The first-order valence-electron chi connectivity index (χ1n) is 9.50. The van der Waals surface area contributed by atoms with Crippen molar-refractivity contribution < 1.29 is 22.4 Å². The van der Waals surface area contributed by atoms with Gasteiger partial charge in [0.05, 0.1) is 17.2 Å². The van der Waals surface area contributed by atoms with E-state index in [4.69, 9.17) is 0 Å². The second-order valence-electron chi connectivity index (χ2n) is 7.24. The number of carbonyl (C=O) groups excluding carboxylic acids is 1. The molecule has 0 spiro atoms. The smallest absolute Gasteiger partial charge is 0.306 e. The second-order valence-corrected chi connectivity index (χ2v) is 7.24. The molecule has 0 bridgehead atoms. The zero-order valence-corrected chi connectivity index (χ0v) is 17.4. The van der Waals surface area contributed by atoms with Gasteiger partial charge in [0, 0.05) is 23.9 Å². The van der Waals surface area contributed by atoms with Crippen LogP contribution < -0.4 is 4.90 Å². The van der Waals surface area contributed by atoms with Crippen LogP contribution in [0.15, 0.2) is 65.6 Å². The van der Waals surface area contributed by atoms with Gasteiger partial charge in [-0.15, -0.1) is 0 Å². The Morgan fingerprint density at radius 1 is 1.19 bits per heavy atom. The number of nitrogens with zero attached hydrogens (tertiary/aromatic N) is 3. The molecule has 1 aromatic carbocycles. The van der Waals surface area contributed by atoms with E-state index in [2.05, 4.69) is 16.7 Å². The molecule has 0 saturated carbocycles. The van der Waals surface area contributed by atoms with Crippen LogP contribution in [-0.2, 0) is 6.18 Å². The zero-order chi connectivity index (χ0) is 23.2. The minimum Gasteiger partial charge on any atom is -0.306 e. The van der Waals surface area contributed by atoms with Crippen LogP contribution in [0.3, 0.4) is 0 Å². The molecular weight excluding hydrogens is 410 g/mol. The van der Waals surface area contributed by atoms with Gasteiger partial charge in [-0.3, -0.25) is 9.79 Å². The van der Waals surface area contributed by atoms with Gasteiger partial charge in [0.2, 0.25) is 0 Å². The first-order valence-corrected chi connectivity index (χ1v) is 9.50. The number of carbonyl (C=O) groups is 1. The molecule has 0 fully saturated rings. The maximum atomic E-state index is 14.0. The summed E-state index contributed by atoms with van der Waals surface area (Å²) in [6.07, 6.45) is -2.72. The average molecular weight is 433 g/mol. The normalized spacial score (nSPS) is 12.8. The molecule has 0 N–H and O–H groups in total. The van der Waals surface area contributed by atoms with Crippen LogP contribution in [-0.4, -0.2) is 24.2 Å². The van der Waals surface area contributed by atoms with Crippen LogP contribution in [0.4, 0.5) is 23.2 Å². The number of alkyl halides is 3. The van der Waals surface area contributed by atoms with Gasteiger partial charge in [0.1, 0.15) is 0 Å². The lowest BCUT2D eigenvalue weighted by Gasteiger charge is -2.27. The molecule has 0 aliphatic rings. The third-order valence-corrected chi connectivity index (χ3v) is 4.13. The number of allylic oxidation sites excluding steroid dienone is 3. The number of aromatic nitrogens is 1. The lowest BCUT2D eigenvalue weighted by Crippen LogP contribution is -2.36. The van der Waals surface area contributed by atoms with Gasteiger partial charge in [-0.25, -0.2) is 9.37 Å². The van der Waals surface area contributed by atoms with Gasteiger partial charge in [-0.05, 0) is 49.9 Å². The highest BCUT2D eigenvalue weighted by Crippen LogP contribution is 2.37. The third-order valence-electron chi connectivity index (χ3n) is 4.13. The Kier molecular flexibility index (Phi) is 7.85. The van der Waals surface area contributed by atoms with Crippen molar-refractivity contribution >= 4 is 23.9 Å². The summed E-state index contributed by atoms with van der Waals surface area (Å²) in [5.41, 5.74) is -1.47. The molecule has 4 nitrogen and oxygen atoms in total. The fourth-order valence-electron chi connectivity index (χ4n) is 2.92. The van der Waals surface area contributed by atoms with Crippen molar-refractivity contribution in [2.24, 2.45) is 10.9 Å². The summed E-state index contributed by atoms with van der Waals surface area (Å²) in [7, 11) is 0. The molecule has 2 aromatic rings. The van der Waals surface area contributed by atoms with Crippen LogP contribution >= 0.6 is 0 Å². The average Bonchev–Trinajstić information content (AvgIpc) is 2.70. The van der Waals surface area contributed by atoms with Crippen molar-refractivity contribution in [2.75, 3.05) is 11.4 Å². The third kappa shape index (κ3) is 6.34. The van der Waals surface area contributed by atoms with Crippen molar-refractivity contribution in [1.29, 1.82) is 0 Å². The van der Waals surface area contributed by atoms with Crippen LogP contribution in [0.2, 0.25) is 0 Å². The molecule has 164 valence electrons. The fraction of sp³-hybridized carbons (Fsp3) is 0.261. The highest BCUT2D eigenvalue weighted by Gasteiger charge is 2.39. The highest BCUT2D eigenvalue weighted by molar-refractivity contribution is 6.06. The van der Waals surface area contributed by atoms with E-state index < -0.39 is 23.6 Å². The Morgan fingerprint density at radius 3 is 2.35 bits per heavy atom. The molecule has 0 atom stereocenters. The summed E-state index contributed by atoms with van der Waals surface area (Å²) in [6.45, 7) is 8.06. The first-order chi connectivity index (χ1) is 14.5. The molecular formula is C23H23F4N3O. The predicted octanol–water partition coefficient (Wildman–Crippen LogP) is 6.32. The van der Waals surface area contributed by atoms with E-state index in [1.54, 1.807) is 32.0 Å². The molecule has 1 amide bonds. The van der Waals surface area contributed by atoms with Gasteiger partial charge in [0.15, 0.2) is 5.69 Å². The minimum absolute atomic E-state index is 0.0249. The summed E-state index contributed by atoms with van der Waals surface area (Å²) in [4.78, 5) is 21.4. The summed E-state index contributed by atoms with van der Waals surface area (Å²) in [6, 6.07) is 10.5. The van der Waals surface area contributed by atoms with Crippen molar-refractivity contribution in [3.8, 4) is 0 Å². The Balaban J connectivity index is 2.68. The maximum Gasteiger partial charge on any atom is 0.435 e. The molecule has 0 aliphatic heterocycles. The van der Waals surface area contributed by atoms with Crippen molar-refractivity contribution in [3.05, 3.63) is 77.5 Å². The number of aliphatic imine (C=N–C) groups is 1. The van der Waals surface area contributed by atoms with Gasteiger partial charge < -0.3 is 4.90 Å². The van der Waals surface area contributed by atoms with Crippen molar-refractivity contribution in [1.82, 2.24) is 4.98 Å². The maximum absolute atomic E-state index is 14.0. The standard InChI is InChI=1S/C23H23F4N3O/c1-15(2)14-30(22(31)17-8-6-5-7-9-17)20-11-10-19(29-21(20)23(25,26)27)18(13-28-4)12-16(3)24/h5-13,15H,4,14H2,1-3H3/b16-12+,18-13+. The number of rotatable bonds is 7. The predicted molar refractivity (Wildman–Crippen MR) is 115 cm³/mol. The minimum atomic E-state index is -4.85. The zero-order valence-electron chi connectivity index (χ0n) is 17.4. The number of pyridine rings is 1. The number of hydrogen-bond acceptors (Lipinski definition) is 3. The molecule has 0 aliphatic carbocycles. The molecule has 1 heterocycles. The summed E-state index contributed by atoms with van der Waals surface area (Å²) in [5.74, 6) is -1.31. The second kappa shape index (κ2) is 10.1. The van der Waals surface area contributed by atoms with Crippen molar-refractivity contribution in [2.45, 2.75) is 26.9 Å². The van der Waals surface area contributed by atoms with E-state index in [-0.39, 0.29) is 35.0 Å². The van der Waals surface area contributed by atoms with Crippen LogP contribution in [0, 0.1) is 5.92 Å². The van der Waals surface area contributed by atoms with Gasteiger partial charge in [0.25, 0.3) is 5.91 Å². The molecule has 8 heteroatoms. The van der Waals surface area contributed by atoms with Crippen LogP contribution in [0.25, 0.3) is 5.57 Å². The summed E-state index contributed by atoms with van der Waals surface area (Å²) in [5, 5.41) is 0. The topological polar surface area (TPSA) is 45.6 Å². The molecule has 0 radical (unpaired) electrons. The summed E-state index contributed by atoms with van der Waals surface area (Å²) >= 11 is 0. The van der Waals surface area contributed by atoms with Crippen molar-refractivity contribution in [3.63, 3.8) is 0 Å². The number of anilines is 1. The Bertz CT molecular complexity index is 992. The molecule has 2 rings (SSSR count). The van der Waals surface area contributed by atoms with Crippen LogP contribution in [0.5, 0.6) is 0 Å².